The van der Waals surface area contributed by atoms with Gasteiger partial charge in [-0.15, -0.1) is 0 Å². The van der Waals surface area contributed by atoms with Crippen LogP contribution >= 0.6 is 0 Å². The van der Waals surface area contributed by atoms with Crippen LogP contribution < -0.4 is 16.6 Å². The second kappa shape index (κ2) is 4.09. The second-order valence-corrected chi connectivity index (χ2v) is 4.70. The summed E-state index contributed by atoms with van der Waals surface area (Å²) in [5.74, 6) is 4.41. The fourth-order valence-corrected chi connectivity index (χ4v) is 1.89. The van der Waals surface area contributed by atoms with Gasteiger partial charge in [0, 0.05) is 0 Å². The number of alkyl halides is 3. The van der Waals surface area contributed by atoms with Crippen LogP contribution in [0.1, 0.15) is 19.4 Å². The number of hydrazine groups is 1. The van der Waals surface area contributed by atoms with Gasteiger partial charge in [-0.1, -0.05) is 0 Å². The monoisotopic (exact) mass is 276 g/mol. The predicted octanol–water partition coefficient (Wildman–Crippen LogP) is 2.54. The fraction of sp³-hybridized carbons (Fsp3) is 0.364. The summed E-state index contributed by atoms with van der Waals surface area (Å²) < 4.78 is 51.9. The first-order valence-electron chi connectivity index (χ1n) is 5.40. The highest BCUT2D eigenvalue weighted by Gasteiger charge is 2.39. The first kappa shape index (κ1) is 13.6. The number of hydrogen-bond acceptors (Lipinski definition) is 4. The maximum absolute atomic E-state index is 13.3. The molecule has 4 nitrogen and oxygen atoms in total. The molecule has 0 radical (unpaired) electrons. The van der Waals surface area contributed by atoms with E-state index in [9.17, 15) is 17.6 Å². The highest BCUT2D eigenvalue weighted by atomic mass is 19.4. The number of halogens is 4. The summed E-state index contributed by atoms with van der Waals surface area (Å²) in [5, 5.41) is 2.78. The third kappa shape index (κ3) is 2.35. The summed E-state index contributed by atoms with van der Waals surface area (Å²) in [7, 11) is 0. The van der Waals surface area contributed by atoms with Crippen LogP contribution in [0.2, 0.25) is 0 Å². The predicted molar refractivity (Wildman–Crippen MR) is 63.5 cm³/mol. The normalized spacial score (nSPS) is 17.3. The first-order valence-corrected chi connectivity index (χ1v) is 5.40. The van der Waals surface area contributed by atoms with E-state index < -0.39 is 23.1 Å². The largest absolute Gasteiger partial charge is 0.418 e. The molecule has 0 aromatic heterocycles. The Morgan fingerprint density at radius 1 is 1.32 bits per heavy atom. The first-order chi connectivity index (χ1) is 8.65. The smallest absolute Gasteiger partial charge is 0.371 e. The lowest BCUT2D eigenvalue weighted by Crippen LogP contribution is -2.52. The van der Waals surface area contributed by atoms with E-state index in [1.54, 1.807) is 13.8 Å². The van der Waals surface area contributed by atoms with Crippen LogP contribution in [-0.4, -0.2) is 11.4 Å². The minimum atomic E-state index is -4.70. The molecule has 1 aliphatic heterocycles. The van der Waals surface area contributed by atoms with Gasteiger partial charge in [-0.3, -0.25) is 0 Å². The molecule has 0 unspecified atom stereocenters. The van der Waals surface area contributed by atoms with Crippen molar-refractivity contribution in [3.8, 4) is 0 Å². The van der Waals surface area contributed by atoms with Crippen molar-refractivity contribution < 1.29 is 17.6 Å². The van der Waals surface area contributed by atoms with Crippen LogP contribution in [0.25, 0.3) is 0 Å². The van der Waals surface area contributed by atoms with Crippen LogP contribution in [0.4, 0.5) is 28.9 Å². The summed E-state index contributed by atoms with van der Waals surface area (Å²) >= 11 is 0. The van der Waals surface area contributed by atoms with Gasteiger partial charge in [-0.2, -0.15) is 13.2 Å². The molecule has 1 aromatic rings. The molecule has 0 aliphatic carbocycles. The van der Waals surface area contributed by atoms with Crippen LogP contribution in [0.15, 0.2) is 17.1 Å². The van der Waals surface area contributed by atoms with Gasteiger partial charge in [-0.25, -0.2) is 15.2 Å². The summed E-state index contributed by atoms with van der Waals surface area (Å²) in [5.41, 5.74) is -0.0980. The van der Waals surface area contributed by atoms with Crippen molar-refractivity contribution in [1.82, 2.24) is 5.43 Å². The lowest BCUT2D eigenvalue weighted by atomic mass is 9.98. The molecule has 1 aliphatic rings. The average molecular weight is 276 g/mol. The van der Waals surface area contributed by atoms with Crippen molar-refractivity contribution in [3.63, 3.8) is 0 Å². The van der Waals surface area contributed by atoms with E-state index in [4.69, 9.17) is 5.84 Å². The molecule has 0 fully saturated rings. The summed E-state index contributed by atoms with van der Waals surface area (Å²) in [6, 6.07) is 1.39. The molecule has 4 N–H and O–H groups in total. The van der Waals surface area contributed by atoms with Crippen LogP contribution in [-0.2, 0) is 6.18 Å². The average Bonchev–Trinajstić information content (AvgIpc) is 2.24. The van der Waals surface area contributed by atoms with E-state index in [1.165, 1.54) is 0 Å². The zero-order valence-corrected chi connectivity index (χ0v) is 10.2. The van der Waals surface area contributed by atoms with Gasteiger partial charge in [0.2, 0.25) is 0 Å². The molecule has 0 spiro atoms. The third-order valence-electron chi connectivity index (χ3n) is 2.78. The number of fused-ring (bicyclic) bond motifs is 1. The Bertz CT molecular complexity index is 548. The number of aliphatic imine (C=N–C) groups is 1. The maximum Gasteiger partial charge on any atom is 0.418 e. The van der Waals surface area contributed by atoms with Crippen molar-refractivity contribution in [3.05, 3.63) is 23.5 Å². The Balaban J connectivity index is 2.69. The number of anilines is 1. The van der Waals surface area contributed by atoms with E-state index in [-0.39, 0.29) is 17.2 Å². The molecular weight excluding hydrogens is 264 g/mol. The lowest BCUT2D eigenvalue weighted by Gasteiger charge is -2.34. The molecule has 2 rings (SSSR count). The number of hydrogen-bond donors (Lipinski definition) is 3. The Labute approximate surface area is 106 Å². The van der Waals surface area contributed by atoms with Gasteiger partial charge >= 0.3 is 6.18 Å². The number of rotatable bonds is 0. The minimum Gasteiger partial charge on any atom is -0.371 e. The van der Waals surface area contributed by atoms with Crippen molar-refractivity contribution in [2.24, 2.45) is 10.8 Å². The topological polar surface area (TPSA) is 62.4 Å². The summed E-state index contributed by atoms with van der Waals surface area (Å²) in [6.45, 7) is 3.32. The summed E-state index contributed by atoms with van der Waals surface area (Å²) in [4.78, 5) is 3.86. The van der Waals surface area contributed by atoms with Gasteiger partial charge in [0.25, 0.3) is 0 Å². The Kier molecular flexibility index (Phi) is 2.93. The number of nitrogens with zero attached hydrogens (tertiary/aromatic N) is 1. The number of amidine groups is 1. The van der Waals surface area contributed by atoms with Gasteiger partial charge in [0.1, 0.15) is 17.3 Å². The quantitative estimate of drug-likeness (QED) is 0.387. The Morgan fingerprint density at radius 3 is 2.47 bits per heavy atom. The maximum atomic E-state index is 13.3. The third-order valence-corrected chi connectivity index (χ3v) is 2.78. The zero-order valence-electron chi connectivity index (χ0n) is 10.2. The molecule has 1 aromatic carbocycles. The number of benzene rings is 1. The Morgan fingerprint density at radius 2 is 1.95 bits per heavy atom. The van der Waals surface area contributed by atoms with Crippen molar-refractivity contribution >= 4 is 17.2 Å². The second-order valence-electron chi connectivity index (χ2n) is 4.70. The summed E-state index contributed by atoms with van der Waals surface area (Å²) in [6.07, 6.45) is -4.70. The minimum absolute atomic E-state index is 0.0173. The fourth-order valence-electron chi connectivity index (χ4n) is 1.89. The molecule has 104 valence electrons. The van der Waals surface area contributed by atoms with E-state index >= 15 is 0 Å². The zero-order chi connectivity index (χ0) is 14.4. The van der Waals surface area contributed by atoms with Crippen LogP contribution in [0.3, 0.4) is 0 Å². The van der Waals surface area contributed by atoms with E-state index in [0.717, 1.165) is 6.07 Å². The molecule has 1 heterocycles. The van der Waals surface area contributed by atoms with Crippen molar-refractivity contribution in [2.45, 2.75) is 25.6 Å². The molecule has 0 amide bonds. The van der Waals surface area contributed by atoms with Crippen LogP contribution in [0.5, 0.6) is 0 Å². The number of nitrogens with one attached hydrogen (secondary N) is 2. The molecule has 0 atom stereocenters. The Hall–Kier alpha value is -1.83. The number of nitrogens with two attached hydrogens (primary N) is 1. The lowest BCUT2D eigenvalue weighted by molar-refractivity contribution is -0.137. The molecule has 8 heteroatoms. The van der Waals surface area contributed by atoms with Gasteiger partial charge < -0.3 is 10.7 Å². The van der Waals surface area contributed by atoms with Crippen molar-refractivity contribution in [2.75, 3.05) is 5.32 Å². The van der Waals surface area contributed by atoms with Gasteiger partial charge in [0.15, 0.2) is 0 Å². The van der Waals surface area contributed by atoms with E-state index in [2.05, 4.69) is 15.7 Å². The standard InChI is InChI=1S/C11H12F4N4/c1-10(2)9(19-16)17-8-6(11(13,14)15)3-5(12)4-7(8)18-10/h3-4,18H,16H2,1-2H3,(H,17,19). The van der Waals surface area contributed by atoms with Crippen LogP contribution in [0, 0.1) is 5.82 Å². The van der Waals surface area contributed by atoms with E-state index in [1.807, 2.05) is 0 Å². The highest BCUT2D eigenvalue weighted by Crippen LogP contribution is 2.44. The molecule has 0 saturated carbocycles. The van der Waals surface area contributed by atoms with Gasteiger partial charge in [-0.05, 0) is 26.0 Å². The van der Waals surface area contributed by atoms with E-state index in [0.29, 0.717) is 6.07 Å². The SMILES string of the molecule is CC1(C)Nc2cc(F)cc(C(F)(F)F)c2N=C1NN. The van der Waals surface area contributed by atoms with Gasteiger partial charge in [0.05, 0.1) is 16.8 Å². The molecular formula is C11H12F4N4. The van der Waals surface area contributed by atoms with Crippen molar-refractivity contribution in [1.29, 1.82) is 0 Å². The highest BCUT2D eigenvalue weighted by molar-refractivity contribution is 5.99. The molecule has 0 bridgehead atoms. The molecule has 19 heavy (non-hydrogen) atoms. The molecule has 0 saturated heterocycles.